The second-order valence-electron chi connectivity index (χ2n) is 9.81. The lowest BCUT2D eigenvalue weighted by molar-refractivity contribution is -0.128. The van der Waals surface area contributed by atoms with Crippen molar-refractivity contribution >= 4 is 43.5 Å². The molecule has 0 radical (unpaired) electrons. The maximum atomic E-state index is 13.9. The van der Waals surface area contributed by atoms with Crippen molar-refractivity contribution in [3.05, 3.63) is 125 Å². The number of para-hydroxylation sites is 2. The van der Waals surface area contributed by atoms with Crippen molar-refractivity contribution in [2.75, 3.05) is 24.5 Å². The largest absolute Gasteiger partial charge is 0.477 e. The van der Waals surface area contributed by atoms with Crippen LogP contribution < -0.4 is 15.0 Å². The molecular formula is C32H30BrN3O5S. The Morgan fingerprint density at radius 2 is 1.48 bits per heavy atom. The lowest BCUT2D eigenvalue weighted by Gasteiger charge is -2.35. The molecule has 8 nitrogen and oxygen atoms in total. The van der Waals surface area contributed by atoms with E-state index in [0.717, 1.165) is 15.6 Å². The summed E-state index contributed by atoms with van der Waals surface area (Å²) in [6, 6.07) is 32.3. The summed E-state index contributed by atoms with van der Waals surface area (Å²) in [7, 11) is -4.01. The number of halogens is 1. The van der Waals surface area contributed by atoms with Gasteiger partial charge in [-0.3, -0.25) is 9.59 Å². The van der Waals surface area contributed by atoms with Crippen molar-refractivity contribution in [1.82, 2.24) is 9.62 Å². The zero-order chi connectivity index (χ0) is 29.5. The summed E-state index contributed by atoms with van der Waals surface area (Å²) in [5, 5.41) is 2.88. The average Bonchev–Trinajstić information content (AvgIpc) is 3.02. The number of anilines is 1. The Morgan fingerprint density at radius 1 is 0.857 bits per heavy atom. The van der Waals surface area contributed by atoms with Crippen LogP contribution >= 0.6 is 15.9 Å². The first-order valence-electron chi connectivity index (χ1n) is 13.5. The van der Waals surface area contributed by atoms with Crippen molar-refractivity contribution < 1.29 is 22.7 Å². The van der Waals surface area contributed by atoms with Crippen LogP contribution in [0.2, 0.25) is 0 Å². The second-order valence-corrected chi connectivity index (χ2v) is 12.7. The molecule has 0 aromatic heterocycles. The monoisotopic (exact) mass is 647 g/mol. The van der Waals surface area contributed by atoms with Gasteiger partial charge in [0.25, 0.3) is 5.91 Å². The molecule has 0 spiro atoms. The van der Waals surface area contributed by atoms with E-state index < -0.39 is 28.6 Å². The molecule has 0 aliphatic carbocycles. The van der Waals surface area contributed by atoms with Crippen LogP contribution in [0.5, 0.6) is 5.75 Å². The molecule has 216 valence electrons. The molecule has 4 aromatic carbocycles. The van der Waals surface area contributed by atoms with Crippen LogP contribution in [0.1, 0.15) is 11.1 Å². The first-order valence-corrected chi connectivity index (χ1v) is 15.7. The van der Waals surface area contributed by atoms with Gasteiger partial charge in [-0.2, -0.15) is 4.31 Å². The number of ether oxygens (including phenoxy) is 1. The predicted octanol–water partition coefficient (Wildman–Crippen LogP) is 4.79. The zero-order valence-corrected chi connectivity index (χ0v) is 25.1. The summed E-state index contributed by atoms with van der Waals surface area (Å²) >= 11 is 3.35. The molecule has 1 atom stereocenters. The van der Waals surface area contributed by atoms with Gasteiger partial charge < -0.3 is 15.0 Å². The fraction of sp³-hybridized carbons (Fsp3) is 0.188. The number of amides is 2. The molecule has 0 bridgehead atoms. The van der Waals surface area contributed by atoms with E-state index in [1.807, 2.05) is 60.7 Å². The number of hydrogen-bond acceptors (Lipinski definition) is 5. The zero-order valence-electron chi connectivity index (χ0n) is 22.7. The van der Waals surface area contributed by atoms with E-state index in [1.165, 1.54) is 21.3 Å². The van der Waals surface area contributed by atoms with Crippen LogP contribution in [-0.2, 0) is 32.6 Å². The number of sulfonamides is 1. The highest BCUT2D eigenvalue weighted by molar-refractivity contribution is 9.10. The molecule has 1 aliphatic rings. The van der Waals surface area contributed by atoms with E-state index in [0.29, 0.717) is 24.4 Å². The quantitative estimate of drug-likeness (QED) is 0.267. The van der Waals surface area contributed by atoms with Crippen molar-refractivity contribution in [3.8, 4) is 5.75 Å². The van der Waals surface area contributed by atoms with E-state index in [1.54, 1.807) is 36.4 Å². The summed E-state index contributed by atoms with van der Waals surface area (Å²) in [5.41, 5.74) is 2.37. The van der Waals surface area contributed by atoms with E-state index >= 15 is 0 Å². The van der Waals surface area contributed by atoms with Gasteiger partial charge >= 0.3 is 0 Å². The highest BCUT2D eigenvalue weighted by Crippen LogP contribution is 2.33. The number of fused-ring (bicyclic) bond motifs is 1. The van der Waals surface area contributed by atoms with E-state index in [9.17, 15) is 18.0 Å². The van der Waals surface area contributed by atoms with Crippen molar-refractivity contribution in [2.24, 2.45) is 0 Å². The predicted molar refractivity (Wildman–Crippen MR) is 165 cm³/mol. The average molecular weight is 649 g/mol. The normalized spacial score (nSPS) is 14.6. The van der Waals surface area contributed by atoms with Gasteiger partial charge in [-0.25, -0.2) is 8.42 Å². The van der Waals surface area contributed by atoms with Crippen molar-refractivity contribution in [1.29, 1.82) is 0 Å². The molecule has 42 heavy (non-hydrogen) atoms. The minimum atomic E-state index is -4.01. The van der Waals surface area contributed by atoms with Gasteiger partial charge in [0.15, 0.2) is 6.10 Å². The molecule has 0 saturated carbocycles. The third-order valence-corrected chi connectivity index (χ3v) is 9.32. The lowest BCUT2D eigenvalue weighted by atomic mass is 10.1. The molecule has 2 amide bonds. The lowest BCUT2D eigenvalue weighted by Crippen LogP contribution is -2.53. The van der Waals surface area contributed by atoms with Crippen molar-refractivity contribution in [2.45, 2.75) is 24.0 Å². The fourth-order valence-corrected chi connectivity index (χ4v) is 6.34. The molecule has 5 rings (SSSR count). The first kappa shape index (κ1) is 29.5. The minimum absolute atomic E-state index is 0.0542. The molecule has 0 saturated heterocycles. The van der Waals surface area contributed by atoms with E-state index in [2.05, 4.69) is 21.2 Å². The van der Waals surface area contributed by atoms with Crippen LogP contribution in [-0.4, -0.2) is 50.3 Å². The highest BCUT2D eigenvalue weighted by Gasteiger charge is 2.36. The van der Waals surface area contributed by atoms with Crippen LogP contribution in [0.3, 0.4) is 0 Å². The van der Waals surface area contributed by atoms with E-state index in [-0.39, 0.29) is 23.9 Å². The highest BCUT2D eigenvalue weighted by atomic mass is 79.9. The van der Waals surface area contributed by atoms with Gasteiger partial charge in [0, 0.05) is 17.6 Å². The third kappa shape index (κ3) is 7.07. The third-order valence-electron chi connectivity index (χ3n) is 6.93. The van der Waals surface area contributed by atoms with Crippen LogP contribution in [0.15, 0.2) is 119 Å². The van der Waals surface area contributed by atoms with Crippen LogP contribution in [0.4, 0.5) is 5.69 Å². The molecule has 1 aliphatic heterocycles. The van der Waals surface area contributed by atoms with Gasteiger partial charge in [-0.05, 0) is 53.9 Å². The molecular weight excluding hydrogens is 618 g/mol. The Kier molecular flexibility index (Phi) is 9.36. The smallest absolute Gasteiger partial charge is 0.263 e. The summed E-state index contributed by atoms with van der Waals surface area (Å²) < 4.78 is 35.5. The molecule has 0 unspecified atom stereocenters. The van der Waals surface area contributed by atoms with Gasteiger partial charge in [-0.1, -0.05) is 88.7 Å². The first-order chi connectivity index (χ1) is 20.3. The Morgan fingerprint density at radius 3 is 2.17 bits per heavy atom. The summed E-state index contributed by atoms with van der Waals surface area (Å²) in [6.45, 7) is -0.0474. The SMILES string of the molecule is O=C(NCc1ccccc1)[C@@H]1CN(C(=O)CN(CCc2ccccc2)S(=O)(=O)c2ccc(Br)cc2)c2ccccc2O1. The summed E-state index contributed by atoms with van der Waals surface area (Å²) in [4.78, 5) is 28.5. The second kappa shape index (κ2) is 13.3. The summed E-state index contributed by atoms with van der Waals surface area (Å²) in [6.07, 6.45) is -0.540. The molecule has 4 aromatic rings. The Balaban J connectivity index is 1.38. The number of carbonyl (C=O) groups is 2. The Labute approximate surface area is 254 Å². The standard InChI is InChI=1S/C32H30BrN3O5S/c33-26-15-17-27(18-16-26)42(39,40)35(20-19-24-9-3-1-4-10-24)23-31(37)36-22-30(41-29-14-8-7-13-28(29)36)32(38)34-21-25-11-5-2-6-12-25/h1-18,30H,19-23H2,(H,34,38)/t30-/m0/s1. The van der Waals surface area contributed by atoms with Crippen LogP contribution in [0.25, 0.3) is 0 Å². The number of carbonyl (C=O) groups excluding carboxylic acids is 2. The van der Waals surface area contributed by atoms with Crippen LogP contribution in [0, 0.1) is 0 Å². The van der Waals surface area contributed by atoms with E-state index in [4.69, 9.17) is 4.74 Å². The maximum absolute atomic E-state index is 13.9. The maximum Gasteiger partial charge on any atom is 0.263 e. The number of nitrogens with zero attached hydrogens (tertiary/aromatic N) is 2. The number of nitrogens with one attached hydrogen (secondary N) is 1. The Bertz CT molecular complexity index is 1630. The van der Waals surface area contributed by atoms with Gasteiger partial charge in [-0.15, -0.1) is 0 Å². The summed E-state index contributed by atoms with van der Waals surface area (Å²) in [5.74, 6) is -0.446. The topological polar surface area (TPSA) is 96.0 Å². The van der Waals surface area contributed by atoms with Gasteiger partial charge in [0.05, 0.1) is 23.7 Å². The molecule has 10 heteroatoms. The number of benzene rings is 4. The molecule has 1 heterocycles. The number of rotatable bonds is 10. The number of hydrogen-bond donors (Lipinski definition) is 1. The molecule has 1 N–H and O–H groups in total. The van der Waals surface area contributed by atoms with Gasteiger partial charge in [0.1, 0.15) is 5.75 Å². The fourth-order valence-electron chi connectivity index (χ4n) is 4.68. The van der Waals surface area contributed by atoms with Crippen molar-refractivity contribution in [3.63, 3.8) is 0 Å². The Hall–Kier alpha value is -3.99. The minimum Gasteiger partial charge on any atom is -0.477 e. The van der Waals surface area contributed by atoms with Gasteiger partial charge in [0.2, 0.25) is 15.9 Å². The molecule has 0 fully saturated rings.